The summed E-state index contributed by atoms with van der Waals surface area (Å²) in [6.07, 6.45) is -4.27. The number of imide groups is 1. The van der Waals surface area contributed by atoms with Gasteiger partial charge in [0, 0.05) is 19.0 Å². The molecule has 1 unspecified atom stereocenters. The minimum Gasteiger partial charge on any atom is -0.294 e. The highest BCUT2D eigenvalue weighted by molar-refractivity contribution is 7.86. The zero-order chi connectivity index (χ0) is 23.7. The van der Waals surface area contributed by atoms with E-state index in [1.165, 1.54) is 0 Å². The molecule has 0 heterocycles. The fourth-order valence-electron chi connectivity index (χ4n) is 2.40. The van der Waals surface area contributed by atoms with Crippen LogP contribution in [0.25, 0.3) is 0 Å². The van der Waals surface area contributed by atoms with Crippen LogP contribution in [0.5, 0.6) is 0 Å². The number of halogens is 7. The van der Waals surface area contributed by atoms with Crippen molar-refractivity contribution >= 4 is 28.4 Å². The summed E-state index contributed by atoms with van der Waals surface area (Å²) in [6, 6.07) is 2.89. The summed E-state index contributed by atoms with van der Waals surface area (Å²) >= 11 is 0. The maximum absolute atomic E-state index is 14.3. The Morgan fingerprint density at radius 1 is 0.968 bits per heavy atom. The van der Waals surface area contributed by atoms with Gasteiger partial charge in [0.05, 0.1) is 5.69 Å². The first kappa shape index (κ1) is 24.3. The Hall–Kier alpha value is -2.96. The van der Waals surface area contributed by atoms with Crippen molar-refractivity contribution in [1.29, 1.82) is 0 Å². The highest BCUT2D eigenvalue weighted by Crippen LogP contribution is 2.33. The van der Waals surface area contributed by atoms with Gasteiger partial charge in [-0.15, -0.1) is 0 Å². The summed E-state index contributed by atoms with van der Waals surface area (Å²) in [5.74, 6) is -5.28. The molecule has 2 aromatic rings. The number of hydrogen-bond donors (Lipinski definition) is 0. The lowest BCUT2D eigenvalue weighted by Crippen LogP contribution is -2.43. The molecule has 3 amide bonds. The van der Waals surface area contributed by atoms with Gasteiger partial charge >= 0.3 is 17.7 Å². The molecule has 13 heteroatoms. The highest BCUT2D eigenvalue weighted by atomic mass is 32.2. The average molecular weight is 470 g/mol. The molecule has 1 atom stereocenters. The van der Waals surface area contributed by atoms with Crippen molar-refractivity contribution in [1.82, 2.24) is 4.90 Å². The third-order valence-corrected chi connectivity index (χ3v) is 5.41. The van der Waals surface area contributed by atoms with Gasteiger partial charge in [-0.05, 0) is 30.3 Å². The van der Waals surface area contributed by atoms with Gasteiger partial charge < -0.3 is 0 Å². The molecule has 0 aliphatic carbocycles. The van der Waals surface area contributed by atoms with Gasteiger partial charge in [-0.2, -0.15) is 8.78 Å². The zero-order valence-corrected chi connectivity index (χ0v) is 16.5. The molecule has 0 aromatic heterocycles. The molecule has 0 fully saturated rings. The number of urea groups is 1. The second-order valence-electron chi connectivity index (χ2n) is 6.05. The van der Waals surface area contributed by atoms with Crippen molar-refractivity contribution < 1.29 is 44.5 Å². The van der Waals surface area contributed by atoms with Gasteiger partial charge in [0.25, 0.3) is 5.91 Å². The van der Waals surface area contributed by atoms with Crippen LogP contribution in [0.3, 0.4) is 0 Å². The number of anilines is 1. The van der Waals surface area contributed by atoms with Gasteiger partial charge in [0.1, 0.15) is 33.8 Å². The molecule has 0 saturated carbocycles. The number of alkyl halides is 4. The van der Waals surface area contributed by atoms with E-state index in [9.17, 15) is 44.5 Å². The van der Waals surface area contributed by atoms with Crippen LogP contribution >= 0.6 is 0 Å². The Kier molecular flexibility index (Phi) is 7.09. The van der Waals surface area contributed by atoms with Crippen molar-refractivity contribution in [3.63, 3.8) is 0 Å². The van der Waals surface area contributed by atoms with Gasteiger partial charge in [-0.3, -0.25) is 14.6 Å². The summed E-state index contributed by atoms with van der Waals surface area (Å²) in [6.45, 7) is 0. The van der Waals surface area contributed by atoms with E-state index in [1.807, 2.05) is 0 Å². The molecule has 2 rings (SSSR count). The lowest BCUT2D eigenvalue weighted by Gasteiger charge is -2.24. The molecule has 31 heavy (non-hydrogen) atoms. The molecule has 0 N–H and O–H groups in total. The van der Waals surface area contributed by atoms with Gasteiger partial charge in [0.15, 0.2) is 0 Å². The molecule has 0 bridgehead atoms. The predicted octanol–water partition coefficient (Wildman–Crippen LogP) is 4.40. The summed E-state index contributed by atoms with van der Waals surface area (Å²) in [5, 5.41) is -4.94. The van der Waals surface area contributed by atoms with Crippen LogP contribution in [0.4, 0.5) is 41.2 Å². The maximum atomic E-state index is 14.3. The van der Waals surface area contributed by atoms with E-state index in [-0.39, 0.29) is 11.0 Å². The number of carbonyl (C=O) groups is 2. The Labute approximate surface area is 173 Å². The van der Waals surface area contributed by atoms with Crippen LogP contribution in [-0.2, 0) is 10.8 Å². The minimum atomic E-state index is -4.94. The van der Waals surface area contributed by atoms with Crippen LogP contribution in [0.15, 0.2) is 41.3 Å². The summed E-state index contributed by atoms with van der Waals surface area (Å²) < 4.78 is 105. The lowest BCUT2D eigenvalue weighted by atomic mass is 10.1. The summed E-state index contributed by atoms with van der Waals surface area (Å²) in [5.41, 5.74) is -1.65. The normalized spacial score (nSPS) is 12.6. The topological polar surface area (TPSA) is 57.7 Å². The molecule has 0 aliphatic rings. The molecular weight excluding hydrogens is 457 g/mol. The zero-order valence-electron chi connectivity index (χ0n) is 15.7. The largest absolute Gasteiger partial charge is 0.384 e. The van der Waals surface area contributed by atoms with Crippen molar-refractivity contribution in [2.45, 2.75) is 16.6 Å². The molecule has 0 radical (unpaired) electrons. The third kappa shape index (κ3) is 4.70. The second kappa shape index (κ2) is 9.04. The van der Waals surface area contributed by atoms with Crippen LogP contribution in [0.2, 0.25) is 0 Å². The molecule has 2 aromatic carbocycles. The van der Waals surface area contributed by atoms with Crippen molar-refractivity contribution in [2.75, 3.05) is 19.0 Å². The first-order valence-electron chi connectivity index (χ1n) is 8.17. The summed E-state index contributed by atoms with van der Waals surface area (Å²) in [7, 11) is -1.78. The number of amides is 3. The number of rotatable bonds is 5. The molecule has 5 nitrogen and oxygen atoms in total. The fraction of sp³-hybridized carbons (Fsp3) is 0.222. The van der Waals surface area contributed by atoms with E-state index in [4.69, 9.17) is 0 Å². The minimum absolute atomic E-state index is 0.268. The SMILES string of the molecule is CN(C(=O)c1c(F)cccc1F)C(=O)N(C)c1ccc(S(=O)C(F)(F)C(F)F)cc1F. The number of hydrogen-bond acceptors (Lipinski definition) is 3. The van der Waals surface area contributed by atoms with E-state index in [1.54, 1.807) is 0 Å². The van der Waals surface area contributed by atoms with Crippen molar-refractivity contribution in [2.24, 2.45) is 0 Å². The first-order chi connectivity index (χ1) is 14.3. The smallest absolute Gasteiger partial charge is 0.294 e. The fourth-order valence-corrected chi connectivity index (χ4v) is 3.28. The van der Waals surface area contributed by atoms with E-state index in [2.05, 4.69) is 0 Å². The average Bonchev–Trinajstić information content (AvgIpc) is 2.71. The molecule has 0 saturated heterocycles. The second-order valence-corrected chi connectivity index (χ2v) is 7.60. The Bertz CT molecular complexity index is 1030. The quantitative estimate of drug-likeness (QED) is 0.609. The van der Waals surface area contributed by atoms with E-state index >= 15 is 0 Å². The van der Waals surface area contributed by atoms with Gasteiger partial charge in [-0.25, -0.2) is 31.0 Å². The van der Waals surface area contributed by atoms with E-state index in [0.717, 1.165) is 32.3 Å². The number of benzene rings is 2. The Balaban J connectivity index is 2.30. The predicted molar refractivity (Wildman–Crippen MR) is 96.0 cm³/mol. The van der Waals surface area contributed by atoms with Crippen molar-refractivity contribution in [3.05, 3.63) is 59.4 Å². The molecular formula is C18H13F7N2O3S. The lowest BCUT2D eigenvalue weighted by molar-refractivity contribution is -0.0602. The molecule has 0 spiro atoms. The van der Waals surface area contributed by atoms with Gasteiger partial charge in [0.2, 0.25) is 0 Å². The Morgan fingerprint density at radius 2 is 1.52 bits per heavy atom. The van der Waals surface area contributed by atoms with E-state index in [0.29, 0.717) is 17.0 Å². The third-order valence-electron chi connectivity index (χ3n) is 4.05. The van der Waals surface area contributed by atoms with Crippen LogP contribution in [0.1, 0.15) is 10.4 Å². The van der Waals surface area contributed by atoms with Gasteiger partial charge in [-0.1, -0.05) is 6.07 Å². The first-order valence-corrected chi connectivity index (χ1v) is 9.32. The van der Waals surface area contributed by atoms with Crippen LogP contribution < -0.4 is 4.90 Å². The number of nitrogens with zero attached hydrogens (tertiary/aromatic N) is 2. The maximum Gasteiger partial charge on any atom is 0.384 e. The van der Waals surface area contributed by atoms with Crippen molar-refractivity contribution in [3.8, 4) is 0 Å². The highest BCUT2D eigenvalue weighted by Gasteiger charge is 2.48. The van der Waals surface area contributed by atoms with E-state index < -0.39 is 68.0 Å². The standard InChI is InChI=1S/C18H13F7N2O3S/c1-26(17(29)27(2)15(28)14-10(19)4-3-5-11(14)20)13-7-6-9(8-12(13)21)31(30)18(24,25)16(22)23/h3-8,16H,1-2H3. The monoisotopic (exact) mass is 470 g/mol. The molecule has 0 aliphatic heterocycles. The summed E-state index contributed by atoms with van der Waals surface area (Å²) in [4.78, 5) is 24.5. The van der Waals surface area contributed by atoms with Crippen LogP contribution in [-0.4, -0.2) is 46.8 Å². The Morgan fingerprint density at radius 3 is 2.00 bits per heavy atom. The van der Waals surface area contributed by atoms with Crippen LogP contribution in [0, 0.1) is 17.5 Å². The molecule has 168 valence electrons. The number of carbonyl (C=O) groups excluding carboxylic acids is 2.